The van der Waals surface area contributed by atoms with E-state index in [2.05, 4.69) is 4.98 Å². The number of aromatic nitrogens is 1. The largest absolute Gasteiger partial charge is 0.507 e. The van der Waals surface area contributed by atoms with E-state index in [9.17, 15) is 14.7 Å². The lowest BCUT2D eigenvalue weighted by molar-refractivity contribution is -0.140. The number of nitrogens with zero attached hydrogens (tertiary/aromatic N) is 3. The molecule has 1 aliphatic heterocycles. The van der Waals surface area contributed by atoms with Crippen molar-refractivity contribution in [3.8, 4) is 5.75 Å². The number of carbonyl (C=O) groups is 2. The van der Waals surface area contributed by atoms with E-state index < -0.39 is 17.7 Å². The zero-order chi connectivity index (χ0) is 21.1. The van der Waals surface area contributed by atoms with Gasteiger partial charge in [-0.1, -0.05) is 6.07 Å². The second-order valence-electron chi connectivity index (χ2n) is 7.23. The zero-order valence-corrected chi connectivity index (χ0v) is 17.0. The Kier molecular flexibility index (Phi) is 5.98. The molecule has 1 atom stereocenters. The van der Waals surface area contributed by atoms with Crippen molar-refractivity contribution in [2.75, 3.05) is 34.3 Å². The van der Waals surface area contributed by atoms with Gasteiger partial charge < -0.3 is 19.6 Å². The van der Waals surface area contributed by atoms with Crippen molar-refractivity contribution in [3.05, 3.63) is 65.0 Å². The first-order chi connectivity index (χ1) is 13.8. The van der Waals surface area contributed by atoms with E-state index in [0.717, 1.165) is 5.56 Å². The first kappa shape index (κ1) is 20.5. The Morgan fingerprint density at radius 1 is 1.24 bits per heavy atom. The van der Waals surface area contributed by atoms with Gasteiger partial charge in [-0.05, 0) is 56.9 Å². The van der Waals surface area contributed by atoms with E-state index in [4.69, 9.17) is 4.74 Å². The lowest BCUT2D eigenvalue weighted by Gasteiger charge is -2.25. The number of hydrogen-bond donors (Lipinski definition) is 1. The summed E-state index contributed by atoms with van der Waals surface area (Å²) < 4.78 is 5.26. The minimum absolute atomic E-state index is 0.0528. The van der Waals surface area contributed by atoms with Crippen LogP contribution in [0.25, 0.3) is 5.76 Å². The molecule has 1 aromatic carbocycles. The molecule has 1 amide bonds. The Morgan fingerprint density at radius 2 is 2.00 bits per heavy atom. The van der Waals surface area contributed by atoms with Crippen molar-refractivity contribution >= 4 is 17.4 Å². The van der Waals surface area contributed by atoms with Gasteiger partial charge in [0.15, 0.2) is 0 Å². The van der Waals surface area contributed by atoms with E-state index in [1.165, 1.54) is 4.90 Å². The number of aliphatic hydroxyl groups excluding tert-OH is 1. The molecule has 0 bridgehead atoms. The summed E-state index contributed by atoms with van der Waals surface area (Å²) in [6.07, 6.45) is 1.61. The van der Waals surface area contributed by atoms with Crippen LogP contribution in [-0.2, 0) is 9.59 Å². The van der Waals surface area contributed by atoms with E-state index in [-0.39, 0.29) is 11.3 Å². The first-order valence-electron chi connectivity index (χ1n) is 9.34. The number of likely N-dealkylation sites (tertiary alicyclic amines) is 1. The molecule has 2 aromatic rings. The summed E-state index contributed by atoms with van der Waals surface area (Å²) in [5, 5.41) is 11.0. The minimum atomic E-state index is -0.737. The summed E-state index contributed by atoms with van der Waals surface area (Å²) in [5.74, 6) is -0.869. The van der Waals surface area contributed by atoms with Gasteiger partial charge in [0.05, 0.1) is 18.4 Å². The van der Waals surface area contributed by atoms with Crippen molar-refractivity contribution in [1.29, 1.82) is 0 Å². The topological polar surface area (TPSA) is 83.0 Å². The summed E-state index contributed by atoms with van der Waals surface area (Å²) in [4.78, 5) is 33.4. The molecule has 3 rings (SSSR count). The highest BCUT2D eigenvalue weighted by molar-refractivity contribution is 6.46. The molecule has 29 heavy (non-hydrogen) atoms. The van der Waals surface area contributed by atoms with E-state index in [1.807, 2.05) is 25.9 Å². The van der Waals surface area contributed by atoms with Crippen molar-refractivity contribution in [3.63, 3.8) is 0 Å². The van der Waals surface area contributed by atoms with Crippen LogP contribution in [0.1, 0.15) is 22.9 Å². The van der Waals surface area contributed by atoms with E-state index in [0.29, 0.717) is 30.1 Å². The molecule has 0 radical (unpaired) electrons. The van der Waals surface area contributed by atoms with Crippen LogP contribution in [-0.4, -0.2) is 65.9 Å². The van der Waals surface area contributed by atoms with Crippen LogP contribution >= 0.6 is 0 Å². The molecule has 2 heterocycles. The smallest absolute Gasteiger partial charge is 0.295 e. The number of amides is 1. The van der Waals surface area contributed by atoms with Gasteiger partial charge in [0, 0.05) is 24.8 Å². The van der Waals surface area contributed by atoms with Gasteiger partial charge in [0.2, 0.25) is 0 Å². The van der Waals surface area contributed by atoms with E-state index >= 15 is 0 Å². The van der Waals surface area contributed by atoms with Gasteiger partial charge in [0.25, 0.3) is 11.7 Å². The molecular weight excluding hydrogens is 370 g/mol. The van der Waals surface area contributed by atoms with Crippen LogP contribution in [0.2, 0.25) is 0 Å². The SMILES string of the molecule is COc1ccc(C(O)=C2C(=O)C(=O)N(CCN(C)C)[C@@H]2c2ccccn2)cc1C. The molecule has 152 valence electrons. The highest BCUT2D eigenvalue weighted by atomic mass is 16.5. The fourth-order valence-electron chi connectivity index (χ4n) is 3.44. The van der Waals surface area contributed by atoms with Gasteiger partial charge in [-0.3, -0.25) is 14.6 Å². The number of likely N-dealkylation sites (N-methyl/N-ethyl adjacent to an activating group) is 1. The first-order valence-corrected chi connectivity index (χ1v) is 9.34. The van der Waals surface area contributed by atoms with Crippen LogP contribution in [0.4, 0.5) is 0 Å². The summed E-state index contributed by atoms with van der Waals surface area (Å²) in [5.41, 5.74) is 1.86. The minimum Gasteiger partial charge on any atom is -0.507 e. The lowest BCUT2D eigenvalue weighted by atomic mass is 9.97. The molecule has 7 nitrogen and oxygen atoms in total. The fourth-order valence-corrected chi connectivity index (χ4v) is 3.44. The van der Waals surface area contributed by atoms with Gasteiger partial charge in [0.1, 0.15) is 17.6 Å². The van der Waals surface area contributed by atoms with Crippen LogP contribution in [0.15, 0.2) is 48.2 Å². The predicted molar refractivity (Wildman–Crippen MR) is 110 cm³/mol. The Hall–Kier alpha value is -3.19. The number of aliphatic hydroxyl groups is 1. The molecule has 1 saturated heterocycles. The quantitative estimate of drug-likeness (QED) is 0.459. The summed E-state index contributed by atoms with van der Waals surface area (Å²) in [6.45, 7) is 2.77. The van der Waals surface area contributed by atoms with Crippen molar-refractivity contribution in [2.24, 2.45) is 0 Å². The number of aryl methyl sites for hydroxylation is 1. The number of ketones is 1. The number of hydrogen-bond acceptors (Lipinski definition) is 6. The lowest BCUT2D eigenvalue weighted by Crippen LogP contribution is -2.35. The van der Waals surface area contributed by atoms with Crippen LogP contribution < -0.4 is 4.74 Å². The van der Waals surface area contributed by atoms with Crippen molar-refractivity contribution in [1.82, 2.24) is 14.8 Å². The molecule has 0 saturated carbocycles. The number of benzene rings is 1. The van der Waals surface area contributed by atoms with Gasteiger partial charge in [-0.2, -0.15) is 0 Å². The van der Waals surface area contributed by atoms with Crippen LogP contribution in [0.5, 0.6) is 5.75 Å². The molecule has 7 heteroatoms. The fraction of sp³-hybridized carbons (Fsp3) is 0.318. The standard InChI is InChI=1S/C22H25N3O4/c1-14-13-15(8-9-17(14)29-4)20(26)18-19(16-7-5-6-10-23-16)25(12-11-24(2)3)22(28)21(18)27/h5-10,13,19,26H,11-12H2,1-4H3/t19-/m1/s1. The molecule has 1 aliphatic rings. The normalized spacial score (nSPS) is 18.5. The Morgan fingerprint density at radius 3 is 2.59 bits per heavy atom. The third kappa shape index (κ3) is 4.00. The van der Waals surface area contributed by atoms with Crippen molar-refractivity contribution in [2.45, 2.75) is 13.0 Å². The van der Waals surface area contributed by atoms with Gasteiger partial charge >= 0.3 is 0 Å². The van der Waals surface area contributed by atoms with Crippen LogP contribution in [0, 0.1) is 6.92 Å². The van der Waals surface area contributed by atoms with Crippen molar-refractivity contribution < 1.29 is 19.4 Å². The number of rotatable bonds is 6. The zero-order valence-electron chi connectivity index (χ0n) is 17.0. The number of ether oxygens (including phenoxy) is 1. The average molecular weight is 395 g/mol. The molecule has 1 N–H and O–H groups in total. The predicted octanol–water partition coefficient (Wildman–Crippen LogP) is 2.38. The molecular formula is C22H25N3O4. The van der Waals surface area contributed by atoms with Gasteiger partial charge in [-0.25, -0.2) is 0 Å². The molecule has 1 aromatic heterocycles. The molecule has 0 spiro atoms. The second-order valence-corrected chi connectivity index (χ2v) is 7.23. The number of pyridine rings is 1. The van der Waals surface area contributed by atoms with Crippen LogP contribution in [0.3, 0.4) is 0 Å². The Balaban J connectivity index is 2.13. The van der Waals surface area contributed by atoms with Gasteiger partial charge in [-0.15, -0.1) is 0 Å². The summed E-state index contributed by atoms with van der Waals surface area (Å²) >= 11 is 0. The summed E-state index contributed by atoms with van der Waals surface area (Å²) in [6, 6.07) is 9.71. The highest BCUT2D eigenvalue weighted by Crippen LogP contribution is 2.38. The maximum atomic E-state index is 12.9. The maximum Gasteiger partial charge on any atom is 0.295 e. The average Bonchev–Trinajstić information content (AvgIpc) is 2.97. The molecule has 0 aliphatic carbocycles. The number of Topliss-reactive ketones (excluding diaryl/α,β-unsaturated/α-hetero) is 1. The summed E-state index contributed by atoms with van der Waals surface area (Å²) in [7, 11) is 5.36. The third-order valence-corrected chi connectivity index (χ3v) is 4.96. The molecule has 1 fully saturated rings. The Labute approximate surface area is 170 Å². The second kappa shape index (κ2) is 8.45. The maximum absolute atomic E-state index is 12.9. The molecule has 0 unspecified atom stereocenters. The Bertz CT molecular complexity index is 954. The third-order valence-electron chi connectivity index (χ3n) is 4.96. The van der Waals surface area contributed by atoms with E-state index in [1.54, 1.807) is 49.7 Å². The highest BCUT2D eigenvalue weighted by Gasteiger charge is 2.46. The number of carbonyl (C=O) groups excluding carboxylic acids is 2. The monoisotopic (exact) mass is 395 g/mol. The number of methoxy groups -OCH3 is 1.